The number of aromatic nitrogens is 4. The SMILES string of the molecule is CC/C(=N\N=C1CCOc2ccc(OC)cc21)OCc1c(C)cccc1-n1nnn(C)c1=O. The molecule has 3 aromatic rings. The highest BCUT2D eigenvalue weighted by Crippen LogP contribution is 2.29. The third kappa shape index (κ3) is 4.64. The molecule has 33 heavy (non-hydrogen) atoms. The van der Waals surface area contributed by atoms with Crippen LogP contribution in [0.15, 0.2) is 51.4 Å². The van der Waals surface area contributed by atoms with Gasteiger partial charge in [0.2, 0.25) is 5.90 Å². The van der Waals surface area contributed by atoms with Crippen LogP contribution in [0.5, 0.6) is 11.5 Å². The van der Waals surface area contributed by atoms with Crippen LogP contribution >= 0.6 is 0 Å². The number of methoxy groups -OCH3 is 1. The van der Waals surface area contributed by atoms with Crippen molar-refractivity contribution in [2.75, 3.05) is 13.7 Å². The van der Waals surface area contributed by atoms with Gasteiger partial charge in [-0.15, -0.1) is 5.10 Å². The summed E-state index contributed by atoms with van der Waals surface area (Å²) in [6, 6.07) is 11.3. The van der Waals surface area contributed by atoms with Gasteiger partial charge in [-0.3, -0.25) is 0 Å². The van der Waals surface area contributed by atoms with E-state index in [1.165, 1.54) is 9.36 Å². The van der Waals surface area contributed by atoms with E-state index in [4.69, 9.17) is 14.2 Å². The Balaban J connectivity index is 1.59. The van der Waals surface area contributed by atoms with Crippen LogP contribution in [0.1, 0.15) is 36.5 Å². The number of benzene rings is 2. The smallest absolute Gasteiger partial charge is 0.368 e. The van der Waals surface area contributed by atoms with E-state index < -0.39 is 0 Å². The lowest BCUT2D eigenvalue weighted by atomic mass is 10.0. The summed E-state index contributed by atoms with van der Waals surface area (Å²) in [4.78, 5) is 12.4. The van der Waals surface area contributed by atoms with Crippen molar-refractivity contribution < 1.29 is 14.2 Å². The van der Waals surface area contributed by atoms with Gasteiger partial charge in [0, 0.05) is 31.0 Å². The number of aryl methyl sites for hydroxylation is 2. The van der Waals surface area contributed by atoms with Gasteiger partial charge in [-0.1, -0.05) is 19.1 Å². The van der Waals surface area contributed by atoms with Gasteiger partial charge in [0.1, 0.15) is 18.1 Å². The minimum atomic E-state index is -0.328. The van der Waals surface area contributed by atoms with Crippen LogP contribution in [0.2, 0.25) is 0 Å². The summed E-state index contributed by atoms with van der Waals surface area (Å²) in [6.07, 6.45) is 1.20. The van der Waals surface area contributed by atoms with Crippen molar-refractivity contribution in [1.82, 2.24) is 19.8 Å². The van der Waals surface area contributed by atoms with E-state index in [9.17, 15) is 4.79 Å². The third-order valence-corrected chi connectivity index (χ3v) is 5.40. The monoisotopic (exact) mass is 450 g/mol. The van der Waals surface area contributed by atoms with Gasteiger partial charge in [0.25, 0.3) is 0 Å². The van der Waals surface area contributed by atoms with Crippen LogP contribution in [0.4, 0.5) is 0 Å². The van der Waals surface area contributed by atoms with Gasteiger partial charge in [0.15, 0.2) is 0 Å². The lowest BCUT2D eigenvalue weighted by Gasteiger charge is -2.19. The van der Waals surface area contributed by atoms with Crippen LogP contribution < -0.4 is 15.2 Å². The highest BCUT2D eigenvalue weighted by atomic mass is 16.5. The fourth-order valence-electron chi connectivity index (χ4n) is 3.49. The van der Waals surface area contributed by atoms with Crippen LogP contribution in [0, 0.1) is 6.92 Å². The summed E-state index contributed by atoms with van der Waals surface area (Å²) in [5.41, 5.74) is 3.77. The van der Waals surface area contributed by atoms with Gasteiger partial charge in [-0.2, -0.15) is 14.5 Å². The molecule has 0 fully saturated rings. The first-order valence-electron chi connectivity index (χ1n) is 10.7. The summed E-state index contributed by atoms with van der Waals surface area (Å²) in [5, 5.41) is 16.6. The molecule has 10 heteroatoms. The molecule has 2 heterocycles. The maximum Gasteiger partial charge on any atom is 0.368 e. The molecule has 10 nitrogen and oxygen atoms in total. The fraction of sp³-hybridized carbons (Fsp3) is 0.348. The summed E-state index contributed by atoms with van der Waals surface area (Å²) >= 11 is 0. The maximum atomic E-state index is 12.4. The van der Waals surface area contributed by atoms with E-state index >= 15 is 0 Å². The van der Waals surface area contributed by atoms with E-state index in [0.29, 0.717) is 31.0 Å². The van der Waals surface area contributed by atoms with Gasteiger partial charge >= 0.3 is 5.69 Å². The van der Waals surface area contributed by atoms with E-state index in [1.54, 1.807) is 14.2 Å². The van der Waals surface area contributed by atoms with Gasteiger partial charge < -0.3 is 14.2 Å². The Bertz CT molecular complexity index is 1270. The molecular formula is C23H26N6O4. The first-order chi connectivity index (χ1) is 16.0. The van der Waals surface area contributed by atoms with Crippen molar-refractivity contribution >= 4 is 11.6 Å². The first-order valence-corrected chi connectivity index (χ1v) is 10.7. The number of fused-ring (bicyclic) bond motifs is 1. The second-order valence-corrected chi connectivity index (χ2v) is 7.51. The molecule has 172 valence electrons. The standard InChI is InChI=1S/C23H26N6O4/c1-5-22(25-24-19-11-12-32-21-10-9-16(31-4)13-17(19)21)33-14-18-15(2)7-6-8-20(18)29-23(30)28(3)26-27-29/h6-10,13H,5,11-12,14H2,1-4H3/b24-19?,25-22+. The minimum absolute atomic E-state index is 0.218. The first kappa shape index (κ1) is 22.3. The van der Waals surface area contributed by atoms with Crippen molar-refractivity contribution in [2.45, 2.75) is 33.3 Å². The van der Waals surface area contributed by atoms with E-state index in [1.807, 2.05) is 50.2 Å². The van der Waals surface area contributed by atoms with E-state index in [0.717, 1.165) is 33.9 Å². The van der Waals surface area contributed by atoms with E-state index in [-0.39, 0.29) is 12.3 Å². The fourth-order valence-corrected chi connectivity index (χ4v) is 3.49. The molecule has 0 radical (unpaired) electrons. The summed E-state index contributed by atoms with van der Waals surface area (Å²) in [6.45, 7) is 4.66. The van der Waals surface area contributed by atoms with Crippen LogP contribution in [0.3, 0.4) is 0 Å². The van der Waals surface area contributed by atoms with Crippen molar-refractivity contribution in [3.8, 4) is 17.2 Å². The maximum absolute atomic E-state index is 12.4. The molecule has 1 aromatic heterocycles. The molecular weight excluding hydrogens is 424 g/mol. The Labute approximate surface area is 191 Å². The highest BCUT2D eigenvalue weighted by Gasteiger charge is 2.18. The molecule has 1 aliphatic heterocycles. The Morgan fingerprint density at radius 2 is 2.09 bits per heavy atom. The zero-order valence-corrected chi connectivity index (χ0v) is 19.1. The number of rotatable bonds is 6. The Morgan fingerprint density at radius 1 is 1.24 bits per heavy atom. The second kappa shape index (κ2) is 9.68. The van der Waals surface area contributed by atoms with Gasteiger partial charge in [-0.05, 0) is 47.2 Å². The molecule has 0 aliphatic carbocycles. The normalized spacial score (nSPS) is 14.7. The number of ether oxygens (including phenoxy) is 3. The van der Waals surface area contributed by atoms with Crippen LogP contribution in [-0.2, 0) is 18.4 Å². The van der Waals surface area contributed by atoms with Gasteiger partial charge in [0.05, 0.1) is 25.1 Å². The highest BCUT2D eigenvalue weighted by molar-refractivity contribution is 6.04. The predicted octanol–water partition coefficient (Wildman–Crippen LogP) is 2.79. The molecule has 0 N–H and O–H groups in total. The number of nitrogens with zero attached hydrogens (tertiary/aromatic N) is 6. The molecule has 0 unspecified atom stereocenters. The minimum Gasteiger partial charge on any atom is -0.497 e. The van der Waals surface area contributed by atoms with Crippen LogP contribution in [0.25, 0.3) is 5.69 Å². The largest absolute Gasteiger partial charge is 0.497 e. The average molecular weight is 450 g/mol. The Kier molecular flexibility index (Phi) is 6.53. The topological polar surface area (TPSA) is 105 Å². The second-order valence-electron chi connectivity index (χ2n) is 7.51. The molecule has 2 aromatic carbocycles. The van der Waals surface area contributed by atoms with Crippen molar-refractivity contribution in [3.63, 3.8) is 0 Å². The molecule has 0 spiro atoms. The molecule has 0 bridgehead atoms. The van der Waals surface area contributed by atoms with E-state index in [2.05, 4.69) is 20.6 Å². The molecule has 1 aliphatic rings. The lowest BCUT2D eigenvalue weighted by molar-refractivity contribution is 0.282. The Morgan fingerprint density at radius 3 is 2.82 bits per heavy atom. The molecule has 0 amide bonds. The van der Waals surface area contributed by atoms with Crippen LogP contribution in [-0.4, -0.2) is 45.1 Å². The predicted molar refractivity (Wildman–Crippen MR) is 123 cm³/mol. The lowest BCUT2D eigenvalue weighted by Crippen LogP contribution is -2.23. The Hall–Kier alpha value is -3.95. The summed E-state index contributed by atoms with van der Waals surface area (Å²) < 4.78 is 19.5. The molecule has 0 saturated carbocycles. The molecule has 0 saturated heterocycles. The third-order valence-electron chi connectivity index (χ3n) is 5.40. The van der Waals surface area contributed by atoms with Crippen molar-refractivity contribution in [1.29, 1.82) is 0 Å². The summed E-state index contributed by atoms with van der Waals surface area (Å²) in [5.74, 6) is 1.97. The van der Waals surface area contributed by atoms with Crippen molar-refractivity contribution in [2.24, 2.45) is 17.3 Å². The zero-order chi connectivity index (χ0) is 23.4. The summed E-state index contributed by atoms with van der Waals surface area (Å²) in [7, 11) is 3.18. The van der Waals surface area contributed by atoms with Gasteiger partial charge in [-0.25, -0.2) is 4.79 Å². The number of hydrogen-bond donors (Lipinski definition) is 0. The van der Waals surface area contributed by atoms with Crippen molar-refractivity contribution in [3.05, 3.63) is 63.6 Å². The molecule has 4 rings (SSSR count). The zero-order valence-electron chi connectivity index (χ0n) is 19.1. The molecule has 0 atom stereocenters. The number of tetrazole rings is 1. The number of hydrogen-bond acceptors (Lipinski definition) is 8. The average Bonchev–Trinajstić information content (AvgIpc) is 3.17. The quantitative estimate of drug-likeness (QED) is 0.325.